The average Bonchev–Trinajstić information content (AvgIpc) is 3.10. The van der Waals surface area contributed by atoms with E-state index in [4.69, 9.17) is 9.84 Å². The molecule has 0 aliphatic carbocycles. The molecule has 0 fully saturated rings. The normalized spacial score (nSPS) is 12.8. The first-order valence-corrected chi connectivity index (χ1v) is 9.73. The van der Waals surface area contributed by atoms with Gasteiger partial charge in [0.1, 0.15) is 11.3 Å². The van der Waals surface area contributed by atoms with E-state index in [-0.39, 0.29) is 11.3 Å². The van der Waals surface area contributed by atoms with Crippen molar-refractivity contribution in [2.24, 2.45) is 7.05 Å². The van der Waals surface area contributed by atoms with Crippen LogP contribution >= 0.6 is 0 Å². The second-order valence-corrected chi connectivity index (χ2v) is 7.31. The first kappa shape index (κ1) is 25.6. The van der Waals surface area contributed by atoms with Crippen molar-refractivity contribution in [3.05, 3.63) is 70.9 Å². The van der Waals surface area contributed by atoms with Gasteiger partial charge in [0.15, 0.2) is 5.69 Å². The Hall–Kier alpha value is -4.07. The molecule has 3 rings (SSSR count). The number of alkyl halides is 3. The fourth-order valence-corrected chi connectivity index (χ4v) is 3.09. The summed E-state index contributed by atoms with van der Waals surface area (Å²) >= 11 is 0. The van der Waals surface area contributed by atoms with Crippen LogP contribution in [0, 0.1) is 0 Å². The molecule has 0 saturated carbocycles. The average molecular weight is 503 g/mol. The maximum Gasteiger partial charge on any atom is 0.436 e. The molecule has 8 nitrogen and oxygen atoms in total. The molecule has 1 amide bonds. The van der Waals surface area contributed by atoms with Gasteiger partial charge in [0.05, 0.1) is 25.0 Å². The van der Waals surface area contributed by atoms with Gasteiger partial charge in [-0.2, -0.15) is 18.3 Å². The van der Waals surface area contributed by atoms with Crippen LogP contribution in [0.2, 0.25) is 0 Å². The Bertz CT molecular complexity index is 1230. The minimum atomic E-state index is -5.05. The maximum absolute atomic E-state index is 13.6. The Balaban J connectivity index is 1.93. The molecule has 0 saturated heterocycles. The minimum Gasteiger partial charge on any atom is -0.478 e. The number of carbonyl (C=O) groups excluding carboxylic acids is 1. The molecule has 35 heavy (non-hydrogen) atoms. The zero-order valence-corrected chi connectivity index (χ0v) is 18.0. The summed E-state index contributed by atoms with van der Waals surface area (Å²) in [4.78, 5) is 23.9. The Labute approximate surface area is 193 Å². The van der Waals surface area contributed by atoms with Crippen LogP contribution in [0.5, 0.6) is 11.6 Å². The number of hydrogen-bond donors (Lipinski definition) is 2. The number of hydrogen-bond acceptors (Lipinski definition) is 4. The van der Waals surface area contributed by atoms with E-state index < -0.39 is 52.1 Å². The summed E-state index contributed by atoms with van der Waals surface area (Å²) in [5.41, 5.74) is -3.19. The van der Waals surface area contributed by atoms with Crippen molar-refractivity contribution in [1.82, 2.24) is 20.2 Å². The quantitative estimate of drug-likeness (QED) is 0.334. The number of amides is 1. The van der Waals surface area contributed by atoms with Crippen LogP contribution in [0.4, 0.5) is 32.3 Å². The first-order chi connectivity index (χ1) is 16.2. The molecule has 186 valence electrons. The van der Waals surface area contributed by atoms with Gasteiger partial charge < -0.3 is 15.2 Å². The van der Waals surface area contributed by atoms with Gasteiger partial charge in [-0.15, -0.1) is 0 Å². The van der Waals surface area contributed by atoms with Crippen molar-refractivity contribution in [3.8, 4) is 11.6 Å². The Morgan fingerprint density at radius 2 is 1.63 bits per heavy atom. The lowest BCUT2D eigenvalue weighted by Gasteiger charge is -2.16. The van der Waals surface area contributed by atoms with Crippen LogP contribution in [0.3, 0.4) is 0 Å². The predicted octanol–water partition coefficient (Wildman–Crippen LogP) is 5.38. The molecule has 14 heteroatoms. The number of aromatic carboxylic acids is 1. The second kappa shape index (κ2) is 9.29. The highest BCUT2D eigenvalue weighted by Crippen LogP contribution is 2.38. The topological polar surface area (TPSA) is 93.5 Å². The summed E-state index contributed by atoms with van der Waals surface area (Å²) in [5, 5.41) is 10.7. The van der Waals surface area contributed by atoms with E-state index in [1.807, 2.05) is 0 Å². The molecule has 0 spiro atoms. The molecule has 0 bridgehead atoms. The third-order valence-corrected chi connectivity index (χ3v) is 4.84. The van der Waals surface area contributed by atoms with Gasteiger partial charge in [0.25, 0.3) is 16.7 Å². The van der Waals surface area contributed by atoms with Gasteiger partial charge >= 0.3 is 12.1 Å². The molecule has 1 atom stereocenters. The van der Waals surface area contributed by atoms with Gasteiger partial charge in [-0.1, -0.05) is 12.1 Å². The third-order valence-electron chi connectivity index (χ3n) is 4.84. The van der Waals surface area contributed by atoms with Crippen molar-refractivity contribution in [3.63, 3.8) is 0 Å². The molecule has 3 aromatic rings. The van der Waals surface area contributed by atoms with Crippen LogP contribution < -0.4 is 15.2 Å². The maximum atomic E-state index is 13.6. The predicted molar refractivity (Wildman–Crippen MR) is 109 cm³/mol. The van der Waals surface area contributed by atoms with E-state index in [1.165, 1.54) is 31.2 Å². The number of carboxylic acid groups (broad SMARTS) is 1. The number of rotatable bonds is 7. The summed E-state index contributed by atoms with van der Waals surface area (Å²) in [5.74, 6) is -3.29. The summed E-state index contributed by atoms with van der Waals surface area (Å²) in [6.07, 6.45) is -5.05. The molecule has 1 heterocycles. The van der Waals surface area contributed by atoms with E-state index in [1.54, 1.807) is 0 Å². The molecule has 2 N–H and O–H groups in total. The number of benzene rings is 2. The number of nitrogens with one attached hydrogen (secondary N) is 1. The van der Waals surface area contributed by atoms with Gasteiger partial charge in [0.2, 0.25) is 5.88 Å². The summed E-state index contributed by atoms with van der Waals surface area (Å²) < 4.78 is 85.0. The molecule has 0 aliphatic rings. The fraction of sp³-hybridized carbons (Fsp3) is 0.190. The zero-order chi connectivity index (χ0) is 26.1. The molecule has 1 aromatic heterocycles. The van der Waals surface area contributed by atoms with E-state index in [0.717, 1.165) is 19.2 Å². The van der Waals surface area contributed by atoms with E-state index in [9.17, 15) is 36.2 Å². The van der Waals surface area contributed by atoms with Crippen molar-refractivity contribution in [1.29, 1.82) is 0 Å². The highest BCUT2D eigenvalue weighted by Gasteiger charge is 2.42. The summed E-state index contributed by atoms with van der Waals surface area (Å²) in [6.45, 7) is 1.46. The second-order valence-electron chi connectivity index (χ2n) is 7.31. The van der Waals surface area contributed by atoms with Crippen molar-refractivity contribution >= 4 is 17.6 Å². The van der Waals surface area contributed by atoms with Gasteiger partial charge in [-0.3, -0.25) is 4.79 Å². The van der Waals surface area contributed by atoms with E-state index in [0.29, 0.717) is 22.4 Å². The third kappa shape index (κ3) is 5.71. The van der Waals surface area contributed by atoms with Crippen LogP contribution in [0.15, 0.2) is 48.5 Å². The largest absolute Gasteiger partial charge is 0.478 e. The van der Waals surface area contributed by atoms with E-state index >= 15 is 0 Å². The molecule has 2 aromatic carbocycles. The molecule has 0 radical (unpaired) electrons. The number of carbonyl (C=O) groups is 2. The molecule has 0 unspecified atom stereocenters. The zero-order valence-electron chi connectivity index (χ0n) is 18.0. The molecular weight excluding hydrogens is 486 g/mol. The SMILES string of the molecule is C[C@H](NC(=O)c1c(C(F)(F)F)nn(C)c1Oc1ccc([N+](F)(F)F)cc1)c1ccc(C(=O)O)cc1. The Morgan fingerprint density at radius 1 is 1.06 bits per heavy atom. The van der Waals surface area contributed by atoms with Crippen molar-refractivity contribution in [2.75, 3.05) is 0 Å². The van der Waals surface area contributed by atoms with Crippen LogP contribution in [0.25, 0.3) is 0 Å². The van der Waals surface area contributed by atoms with Crippen LogP contribution in [-0.2, 0) is 13.2 Å². The van der Waals surface area contributed by atoms with Gasteiger partial charge in [-0.05, 0) is 36.8 Å². The molecular formula is C21H17F6N4O4+. The van der Waals surface area contributed by atoms with Crippen LogP contribution in [-0.4, -0.2) is 26.8 Å². The number of nitrogens with zero attached hydrogens (tertiary/aromatic N) is 3. The standard InChI is InChI=1S/C21H16F6N4O4/c1-11(12-3-5-13(6-4-12)20(33)34)28-18(32)16-17(21(22,23)24)29-30(2)19(16)35-15-9-7-14(8-10-15)31(25,26)27/h3-11H,1-2H3,(H-,28,32,33,34)/p+1/t11-/m0/s1. The number of aromatic nitrogens is 2. The van der Waals surface area contributed by atoms with Gasteiger partial charge in [-0.25, -0.2) is 9.48 Å². The lowest BCUT2D eigenvalue weighted by Crippen LogP contribution is -2.28. The lowest BCUT2D eigenvalue weighted by atomic mass is 10.1. The lowest BCUT2D eigenvalue weighted by molar-refractivity contribution is -0.279. The van der Waals surface area contributed by atoms with Crippen molar-refractivity contribution in [2.45, 2.75) is 19.1 Å². The minimum absolute atomic E-state index is 0.0232. The summed E-state index contributed by atoms with van der Waals surface area (Å²) in [6, 6.07) is 7.54. The first-order valence-electron chi connectivity index (χ1n) is 9.73. The van der Waals surface area contributed by atoms with Crippen molar-refractivity contribution < 1.29 is 46.0 Å². The monoisotopic (exact) mass is 503 g/mol. The number of ether oxygens (including phenoxy) is 1. The van der Waals surface area contributed by atoms with Crippen LogP contribution in [0.1, 0.15) is 44.9 Å². The highest BCUT2D eigenvalue weighted by atomic mass is 19.6. The number of carboxylic acids is 1. The number of aryl methyl sites for hydroxylation is 1. The Morgan fingerprint density at radius 3 is 2.11 bits per heavy atom. The summed E-state index contributed by atoms with van der Waals surface area (Å²) in [7, 11) is 1.08. The smallest absolute Gasteiger partial charge is 0.436 e. The van der Waals surface area contributed by atoms with E-state index in [2.05, 4.69) is 10.4 Å². The highest BCUT2D eigenvalue weighted by molar-refractivity contribution is 5.98. The molecule has 0 aliphatic heterocycles. The fourth-order valence-electron chi connectivity index (χ4n) is 3.09. The number of halogens is 6. The Kier molecular flexibility index (Phi) is 6.78. The van der Waals surface area contributed by atoms with Gasteiger partial charge in [0, 0.05) is 19.2 Å². The number of quaternary nitrogens is 1.